The van der Waals surface area contributed by atoms with E-state index in [4.69, 9.17) is 4.74 Å². The Morgan fingerprint density at radius 1 is 1.42 bits per heavy atom. The average molecular weight is 262 g/mol. The van der Waals surface area contributed by atoms with E-state index in [-0.39, 0.29) is 17.4 Å². The van der Waals surface area contributed by atoms with Crippen LogP contribution in [-0.4, -0.2) is 37.6 Å². The van der Waals surface area contributed by atoms with E-state index in [0.29, 0.717) is 18.7 Å². The SMILES string of the molecule is COC(=O)c1cccc(N2CC(=O)NC(C)(C)C2)c1. The van der Waals surface area contributed by atoms with Gasteiger partial charge in [-0.05, 0) is 32.0 Å². The molecule has 1 amide bonds. The fourth-order valence-corrected chi connectivity index (χ4v) is 2.29. The van der Waals surface area contributed by atoms with Crippen LogP contribution in [0, 0.1) is 0 Å². The standard InChI is InChI=1S/C14H18N2O3/c1-14(2)9-16(8-12(17)15-14)11-6-4-5-10(7-11)13(18)19-3/h4-7H,8-9H2,1-3H3,(H,15,17). The maximum absolute atomic E-state index is 11.7. The lowest BCUT2D eigenvalue weighted by Crippen LogP contribution is -2.60. The summed E-state index contributed by atoms with van der Waals surface area (Å²) >= 11 is 0. The predicted octanol–water partition coefficient (Wildman–Crippen LogP) is 1.19. The molecule has 1 heterocycles. The molecule has 1 fully saturated rings. The molecule has 0 aliphatic carbocycles. The number of hydrogen-bond donors (Lipinski definition) is 1. The van der Waals surface area contributed by atoms with Crippen LogP contribution in [0.3, 0.4) is 0 Å². The Labute approximate surface area is 112 Å². The molecule has 0 unspecified atom stereocenters. The Balaban J connectivity index is 2.26. The molecular formula is C14H18N2O3. The third-order valence-electron chi connectivity index (χ3n) is 3.03. The Kier molecular flexibility index (Phi) is 3.46. The third kappa shape index (κ3) is 3.05. The van der Waals surface area contributed by atoms with Crippen LogP contribution in [0.25, 0.3) is 0 Å². The molecule has 2 rings (SSSR count). The highest BCUT2D eigenvalue weighted by Crippen LogP contribution is 2.21. The number of carbonyl (C=O) groups excluding carboxylic acids is 2. The van der Waals surface area contributed by atoms with Crippen LogP contribution < -0.4 is 10.2 Å². The first-order chi connectivity index (χ1) is 8.91. The van der Waals surface area contributed by atoms with Crippen molar-refractivity contribution in [1.82, 2.24) is 5.32 Å². The van der Waals surface area contributed by atoms with Crippen LogP contribution in [-0.2, 0) is 9.53 Å². The molecule has 0 bridgehead atoms. The van der Waals surface area contributed by atoms with Gasteiger partial charge in [0.25, 0.3) is 0 Å². The lowest BCUT2D eigenvalue weighted by molar-refractivity contribution is -0.122. The van der Waals surface area contributed by atoms with Crippen LogP contribution >= 0.6 is 0 Å². The second-order valence-electron chi connectivity index (χ2n) is 5.33. The van der Waals surface area contributed by atoms with Crippen LogP contribution in [0.5, 0.6) is 0 Å². The van der Waals surface area contributed by atoms with Crippen LogP contribution in [0.1, 0.15) is 24.2 Å². The maximum atomic E-state index is 11.7. The monoisotopic (exact) mass is 262 g/mol. The quantitative estimate of drug-likeness (QED) is 0.813. The number of ether oxygens (including phenoxy) is 1. The van der Waals surface area contributed by atoms with Crippen molar-refractivity contribution in [2.75, 3.05) is 25.1 Å². The lowest BCUT2D eigenvalue weighted by Gasteiger charge is -2.39. The molecule has 0 aromatic heterocycles. The van der Waals surface area contributed by atoms with Crippen molar-refractivity contribution in [2.24, 2.45) is 0 Å². The number of piperazine rings is 1. The summed E-state index contributed by atoms with van der Waals surface area (Å²) in [6.45, 7) is 4.94. The highest BCUT2D eigenvalue weighted by molar-refractivity contribution is 5.91. The molecule has 0 spiro atoms. The van der Waals surface area contributed by atoms with E-state index in [1.54, 1.807) is 18.2 Å². The van der Waals surface area contributed by atoms with Gasteiger partial charge in [0, 0.05) is 12.2 Å². The molecule has 102 valence electrons. The fourth-order valence-electron chi connectivity index (χ4n) is 2.29. The van der Waals surface area contributed by atoms with Gasteiger partial charge in [0.1, 0.15) is 0 Å². The first-order valence-electron chi connectivity index (χ1n) is 6.16. The van der Waals surface area contributed by atoms with Gasteiger partial charge in [-0.3, -0.25) is 4.79 Å². The Hall–Kier alpha value is -2.04. The molecule has 1 saturated heterocycles. The second-order valence-corrected chi connectivity index (χ2v) is 5.33. The van der Waals surface area contributed by atoms with Crippen molar-refractivity contribution in [2.45, 2.75) is 19.4 Å². The Morgan fingerprint density at radius 2 is 2.16 bits per heavy atom. The number of rotatable bonds is 2. The smallest absolute Gasteiger partial charge is 0.337 e. The van der Waals surface area contributed by atoms with Crippen LogP contribution in [0.4, 0.5) is 5.69 Å². The van der Waals surface area contributed by atoms with Crippen molar-refractivity contribution >= 4 is 17.6 Å². The molecule has 0 saturated carbocycles. The number of carbonyl (C=O) groups is 2. The number of anilines is 1. The topological polar surface area (TPSA) is 58.6 Å². The summed E-state index contributed by atoms with van der Waals surface area (Å²) in [5.74, 6) is -0.387. The number of amides is 1. The number of methoxy groups -OCH3 is 1. The van der Waals surface area contributed by atoms with Gasteiger partial charge in [-0.2, -0.15) is 0 Å². The largest absolute Gasteiger partial charge is 0.465 e. The number of esters is 1. The maximum Gasteiger partial charge on any atom is 0.337 e. The van der Waals surface area contributed by atoms with Crippen LogP contribution in [0.15, 0.2) is 24.3 Å². The summed E-state index contributed by atoms with van der Waals surface area (Å²) in [7, 11) is 1.35. The third-order valence-corrected chi connectivity index (χ3v) is 3.03. The lowest BCUT2D eigenvalue weighted by atomic mass is 10.0. The zero-order valence-electron chi connectivity index (χ0n) is 11.4. The predicted molar refractivity (Wildman–Crippen MR) is 72.2 cm³/mol. The second kappa shape index (κ2) is 4.91. The van der Waals surface area contributed by atoms with Crippen molar-refractivity contribution in [1.29, 1.82) is 0 Å². The molecule has 5 heteroatoms. The van der Waals surface area contributed by atoms with E-state index in [0.717, 1.165) is 5.69 Å². The molecule has 19 heavy (non-hydrogen) atoms. The van der Waals surface area contributed by atoms with Gasteiger partial charge < -0.3 is 15.0 Å². The zero-order valence-corrected chi connectivity index (χ0v) is 11.4. The number of hydrogen-bond acceptors (Lipinski definition) is 4. The van der Waals surface area contributed by atoms with Gasteiger partial charge in [-0.1, -0.05) is 6.07 Å². The zero-order chi connectivity index (χ0) is 14.0. The fraction of sp³-hybridized carbons (Fsp3) is 0.429. The molecular weight excluding hydrogens is 244 g/mol. The Morgan fingerprint density at radius 3 is 2.79 bits per heavy atom. The van der Waals surface area contributed by atoms with Crippen molar-refractivity contribution in [3.8, 4) is 0 Å². The average Bonchev–Trinajstić information content (AvgIpc) is 2.35. The minimum atomic E-state index is -0.373. The molecule has 1 N–H and O–H groups in total. The Bertz CT molecular complexity index is 511. The van der Waals surface area contributed by atoms with Crippen molar-refractivity contribution in [3.63, 3.8) is 0 Å². The van der Waals surface area contributed by atoms with Gasteiger partial charge >= 0.3 is 5.97 Å². The van der Waals surface area contributed by atoms with E-state index in [1.807, 2.05) is 24.8 Å². The van der Waals surface area contributed by atoms with E-state index >= 15 is 0 Å². The van der Waals surface area contributed by atoms with Crippen molar-refractivity contribution in [3.05, 3.63) is 29.8 Å². The van der Waals surface area contributed by atoms with E-state index in [1.165, 1.54) is 7.11 Å². The molecule has 0 radical (unpaired) electrons. The summed E-state index contributed by atoms with van der Waals surface area (Å²) in [6.07, 6.45) is 0. The van der Waals surface area contributed by atoms with E-state index in [9.17, 15) is 9.59 Å². The first-order valence-corrected chi connectivity index (χ1v) is 6.16. The molecule has 1 aromatic carbocycles. The molecule has 1 aliphatic heterocycles. The molecule has 0 atom stereocenters. The van der Waals surface area contributed by atoms with Gasteiger partial charge in [-0.15, -0.1) is 0 Å². The summed E-state index contributed by atoms with van der Waals surface area (Å²) in [5.41, 5.74) is 1.06. The highest BCUT2D eigenvalue weighted by Gasteiger charge is 2.30. The van der Waals surface area contributed by atoms with Gasteiger partial charge in [0.15, 0.2) is 0 Å². The minimum Gasteiger partial charge on any atom is -0.465 e. The minimum absolute atomic E-state index is 0.0141. The van der Waals surface area contributed by atoms with Crippen molar-refractivity contribution < 1.29 is 14.3 Å². The van der Waals surface area contributed by atoms with E-state index in [2.05, 4.69) is 5.32 Å². The summed E-state index contributed by atoms with van der Waals surface area (Å²) in [6, 6.07) is 7.13. The highest BCUT2D eigenvalue weighted by atomic mass is 16.5. The van der Waals surface area contributed by atoms with Gasteiger partial charge in [-0.25, -0.2) is 4.79 Å². The number of nitrogens with one attached hydrogen (secondary N) is 1. The molecule has 1 aromatic rings. The molecule has 1 aliphatic rings. The number of nitrogens with zero attached hydrogens (tertiary/aromatic N) is 1. The van der Waals surface area contributed by atoms with Crippen LogP contribution in [0.2, 0.25) is 0 Å². The number of benzene rings is 1. The summed E-state index contributed by atoms with van der Waals surface area (Å²) < 4.78 is 4.70. The normalized spacial score (nSPS) is 17.8. The first kappa shape index (κ1) is 13.4. The van der Waals surface area contributed by atoms with Gasteiger partial charge in [0.2, 0.25) is 5.91 Å². The summed E-state index contributed by atoms with van der Waals surface area (Å²) in [5, 5.41) is 2.93. The summed E-state index contributed by atoms with van der Waals surface area (Å²) in [4.78, 5) is 25.2. The molecule has 5 nitrogen and oxygen atoms in total. The van der Waals surface area contributed by atoms with E-state index < -0.39 is 0 Å². The van der Waals surface area contributed by atoms with Gasteiger partial charge in [0.05, 0.1) is 24.8 Å².